The summed E-state index contributed by atoms with van der Waals surface area (Å²) in [6.45, 7) is 44.9. The van der Waals surface area contributed by atoms with Crippen LogP contribution in [0.5, 0.6) is 17.2 Å². The van der Waals surface area contributed by atoms with Gasteiger partial charge in [0, 0.05) is 22.6 Å². The Morgan fingerprint density at radius 2 is 0.354 bits per heavy atom. The van der Waals surface area contributed by atoms with Crippen molar-refractivity contribution < 1.29 is 42.9 Å². The maximum Gasteiger partial charge on any atom is 0.391 e. The van der Waals surface area contributed by atoms with Gasteiger partial charge >= 0.3 is 25.8 Å². The normalized spacial score (nSPS) is 12.6. The van der Waals surface area contributed by atoms with Gasteiger partial charge in [0.2, 0.25) is 0 Å². The zero-order valence-corrected chi connectivity index (χ0v) is 90.2. The van der Waals surface area contributed by atoms with Crippen LogP contribution in [0.15, 0.2) is 0 Å². The van der Waals surface area contributed by atoms with Gasteiger partial charge in [-0.2, -0.15) is 0 Å². The van der Waals surface area contributed by atoms with Gasteiger partial charge in [-0.05, 0) is 193 Å². The van der Waals surface area contributed by atoms with Gasteiger partial charge in [-0.25, -0.2) is 0 Å². The predicted octanol–water partition coefficient (Wildman–Crippen LogP) is 38.7. The van der Waals surface area contributed by atoms with Crippen molar-refractivity contribution in [2.45, 2.75) is 628 Å². The van der Waals surface area contributed by atoms with E-state index >= 15 is 0 Å². The monoisotopic (exact) mass is 1830 g/mol. The van der Waals surface area contributed by atoms with Gasteiger partial charge in [0.05, 0.1) is 0 Å². The minimum absolute atomic E-state index is 0.0224. The van der Waals surface area contributed by atoms with E-state index in [0.717, 1.165) is 155 Å². The highest BCUT2D eigenvalue weighted by Gasteiger charge is 2.41. The summed E-state index contributed by atoms with van der Waals surface area (Å²) in [6.07, 6.45) is 87.8. The van der Waals surface area contributed by atoms with Crippen molar-refractivity contribution in [2.24, 2.45) is 0 Å². The molecule has 0 saturated heterocycles. The second kappa shape index (κ2) is 72.5. The summed E-state index contributed by atoms with van der Waals surface area (Å²) in [7, 11) is -8.32. The van der Waals surface area contributed by atoms with Crippen LogP contribution in [0.4, 0.5) is 0 Å². The number of rotatable bonds is 83. The summed E-state index contributed by atoms with van der Waals surface area (Å²) in [5.41, 5.74) is 17.3. The summed E-state index contributed by atoms with van der Waals surface area (Å²) in [5, 5.41) is 0. The molecule has 0 aromatic heterocycles. The summed E-state index contributed by atoms with van der Waals surface area (Å²) in [6, 6.07) is 0. The molecule has 740 valence electrons. The minimum atomic E-state index is -2.79. The Labute approximate surface area is 792 Å². The lowest BCUT2D eigenvalue weighted by Crippen LogP contribution is -2.26. The van der Waals surface area contributed by atoms with Gasteiger partial charge in [0.15, 0.2) is 0 Å². The van der Waals surface area contributed by atoms with Gasteiger partial charge < -0.3 is 42.9 Å². The van der Waals surface area contributed by atoms with E-state index in [1.54, 1.807) is 0 Å². The third-order valence-corrected chi connectivity index (χ3v) is 29.7. The molecule has 0 aliphatic carbocycles. The standard InChI is InChI=1S/C115H211O9P3/c1-20-26-32-38-44-50-56-62-68-74-80-86-97-94(8)104(100(107(113(11,12)13)110(97)122-125(116)117)89-83-77-71-65-59-53-47-41-35-29-23-4)93(7)92-103(105-95(9)98(87-81-75-69-63-57-51-45-39-33-27-21-2)111(123-126(118)119)108(114(14,15)16)101(105)90-84-78-72-66-60-54-48-42-36-30-24-5)106-96(10)99(88-82-76-70-64-58-52-46-40-34-28-22-3)112(124-127(120)121)109(115(17,18)19)102(106)91-85-79-73-67-61-55-49-43-37-31-25-6/h93,103,116-121H,20-92H2,1-19H3. The highest BCUT2D eigenvalue weighted by Crippen LogP contribution is 2.57. The highest BCUT2D eigenvalue weighted by molar-refractivity contribution is 7.40. The Morgan fingerprint density at radius 1 is 0.213 bits per heavy atom. The molecule has 3 aromatic carbocycles. The molecule has 0 heterocycles. The fourth-order valence-electron chi connectivity index (χ4n) is 21.8. The summed E-state index contributed by atoms with van der Waals surface area (Å²) < 4.78 is 20.4. The van der Waals surface area contributed by atoms with E-state index in [0.29, 0.717) is 17.2 Å². The lowest BCUT2D eigenvalue weighted by atomic mass is 9.66. The fourth-order valence-corrected chi connectivity index (χ4v) is 22.9. The van der Waals surface area contributed by atoms with Crippen molar-refractivity contribution in [2.75, 3.05) is 0 Å². The molecule has 9 nitrogen and oxygen atoms in total. The molecular weight excluding hydrogens is 1620 g/mol. The predicted molar refractivity (Wildman–Crippen MR) is 561 cm³/mol. The molecule has 127 heavy (non-hydrogen) atoms. The van der Waals surface area contributed by atoms with E-state index in [-0.39, 0.29) is 11.8 Å². The first-order chi connectivity index (χ1) is 61.1. The molecule has 0 fully saturated rings. The Hall–Kier alpha value is -1.89. The third-order valence-electron chi connectivity index (χ3n) is 28.7. The summed E-state index contributed by atoms with van der Waals surface area (Å²) in [4.78, 5) is 69.6. The van der Waals surface area contributed by atoms with Gasteiger partial charge in [-0.15, -0.1) is 0 Å². The lowest BCUT2D eigenvalue weighted by molar-refractivity contribution is 0.364. The summed E-state index contributed by atoms with van der Waals surface area (Å²) in [5.74, 6) is 1.90. The van der Waals surface area contributed by atoms with Crippen LogP contribution in [0.2, 0.25) is 0 Å². The molecular formula is C115H211O9P3. The third kappa shape index (κ3) is 49.1. The van der Waals surface area contributed by atoms with E-state index < -0.39 is 42.1 Å². The first kappa shape index (κ1) is 119. The molecule has 3 aromatic rings. The van der Waals surface area contributed by atoms with Gasteiger partial charge in [0.1, 0.15) is 17.2 Å². The number of hydrogen-bond donors (Lipinski definition) is 6. The second-order valence-corrected chi connectivity index (χ2v) is 45.3. The van der Waals surface area contributed by atoms with Crippen LogP contribution in [-0.2, 0) is 54.8 Å². The van der Waals surface area contributed by atoms with E-state index in [1.165, 1.54) is 397 Å². The van der Waals surface area contributed by atoms with Crippen LogP contribution in [-0.4, -0.2) is 29.4 Å². The zero-order valence-electron chi connectivity index (χ0n) is 87.5. The van der Waals surface area contributed by atoms with E-state index in [9.17, 15) is 29.4 Å². The van der Waals surface area contributed by atoms with Crippen molar-refractivity contribution in [3.8, 4) is 17.2 Å². The first-order valence-corrected chi connectivity index (χ1v) is 58.7. The number of unbranched alkanes of at least 4 members (excludes halogenated alkanes) is 60. The van der Waals surface area contributed by atoms with E-state index in [1.807, 2.05) is 0 Å². The Balaban J connectivity index is 2.87. The quantitative estimate of drug-likeness (QED) is 0.0240. The van der Waals surface area contributed by atoms with Crippen LogP contribution >= 0.6 is 25.8 Å². The SMILES string of the molecule is CCCCCCCCCCCCCc1c(C)c(C(C)CC(c2c(C)c(CCCCCCCCCCCCC)c(OP(O)O)c(C(C)(C)C)c2CCCCCCCCCCCCC)c2c(C)c(CCCCCCCCCCCCC)c(OP(O)O)c(C(C)(C)C)c2CCCCCCCCCCCCC)c(CCCCCCCCCCCCC)c(C(C)(C)C)c1OP(O)O. The van der Waals surface area contributed by atoms with Gasteiger partial charge in [-0.1, -0.05) is 496 Å². The molecule has 0 aliphatic rings. The van der Waals surface area contributed by atoms with Crippen LogP contribution in [0.1, 0.15) is 636 Å². The Bertz CT molecular complexity index is 3070. The molecule has 0 saturated carbocycles. The molecule has 0 spiro atoms. The van der Waals surface area contributed by atoms with Crippen LogP contribution < -0.4 is 13.6 Å². The average molecular weight is 1830 g/mol. The zero-order chi connectivity index (χ0) is 93.5. The number of benzene rings is 3. The van der Waals surface area contributed by atoms with Crippen molar-refractivity contribution in [3.63, 3.8) is 0 Å². The van der Waals surface area contributed by atoms with Gasteiger partial charge in [-0.3, -0.25) is 0 Å². The number of hydrogen-bond acceptors (Lipinski definition) is 9. The maximum atomic E-state index is 11.7. The van der Waals surface area contributed by atoms with Crippen LogP contribution in [0.3, 0.4) is 0 Å². The van der Waals surface area contributed by atoms with Crippen molar-refractivity contribution >= 4 is 25.8 Å². The first-order valence-electron chi connectivity index (χ1n) is 55.2. The Morgan fingerprint density at radius 3 is 0.512 bits per heavy atom. The minimum Gasteiger partial charge on any atom is -0.426 e. The van der Waals surface area contributed by atoms with Crippen molar-refractivity contribution in [1.82, 2.24) is 0 Å². The van der Waals surface area contributed by atoms with Crippen molar-refractivity contribution in [1.29, 1.82) is 0 Å². The summed E-state index contributed by atoms with van der Waals surface area (Å²) >= 11 is 0. The largest absolute Gasteiger partial charge is 0.426 e. The lowest BCUT2D eigenvalue weighted by Gasteiger charge is -2.39. The molecule has 1 atom stereocenters. The average Bonchev–Trinajstić information content (AvgIpc) is 0.719. The Kier molecular flexibility index (Phi) is 68.1. The maximum absolute atomic E-state index is 11.7. The fraction of sp³-hybridized carbons (Fsp3) is 0.843. The topological polar surface area (TPSA) is 149 Å². The molecule has 1 unspecified atom stereocenters. The highest BCUT2D eigenvalue weighted by atomic mass is 31.2. The molecule has 0 bridgehead atoms. The molecule has 0 radical (unpaired) electrons. The van der Waals surface area contributed by atoms with Gasteiger partial charge in [0.25, 0.3) is 0 Å². The molecule has 0 aliphatic heterocycles. The molecule has 0 amide bonds. The second-order valence-electron chi connectivity index (χ2n) is 43.3. The van der Waals surface area contributed by atoms with E-state index in [2.05, 4.69) is 132 Å². The van der Waals surface area contributed by atoms with Crippen LogP contribution in [0, 0.1) is 20.8 Å². The van der Waals surface area contributed by atoms with E-state index in [4.69, 9.17) is 13.6 Å². The smallest absolute Gasteiger partial charge is 0.391 e. The molecule has 6 N–H and O–H groups in total. The van der Waals surface area contributed by atoms with Crippen LogP contribution in [0.25, 0.3) is 0 Å². The molecule has 3 rings (SSSR count). The van der Waals surface area contributed by atoms with Crippen molar-refractivity contribution in [3.05, 3.63) is 83.5 Å². The molecule has 12 heteroatoms.